The Morgan fingerprint density at radius 2 is 1.74 bits per heavy atom. The minimum Gasteiger partial charge on any atom is -0.497 e. The summed E-state index contributed by atoms with van der Waals surface area (Å²) in [4.78, 5) is 4.54. The van der Waals surface area contributed by atoms with Crippen molar-refractivity contribution in [3.63, 3.8) is 0 Å². The maximum atomic E-state index is 12.3. The van der Waals surface area contributed by atoms with E-state index in [0.29, 0.717) is 24.8 Å². The van der Waals surface area contributed by atoms with E-state index in [1.54, 1.807) is 25.3 Å². The second-order valence-electron chi connectivity index (χ2n) is 5.75. The lowest BCUT2D eigenvalue weighted by Gasteiger charge is -2.12. The van der Waals surface area contributed by atoms with Gasteiger partial charge >= 0.3 is 0 Å². The highest BCUT2D eigenvalue weighted by molar-refractivity contribution is 5.79. The van der Waals surface area contributed by atoms with E-state index in [-0.39, 0.29) is 0 Å². The number of rotatable bonds is 9. The molecule has 0 atom stereocenters. The highest BCUT2D eigenvalue weighted by Gasteiger charge is 2.04. The number of hydrogen-bond donors (Lipinski definition) is 2. The molecule has 27 heavy (non-hydrogen) atoms. The lowest BCUT2D eigenvalue weighted by molar-refractivity contribution is 0.0818. The van der Waals surface area contributed by atoms with Gasteiger partial charge < -0.3 is 20.1 Å². The van der Waals surface area contributed by atoms with Gasteiger partial charge in [-0.25, -0.2) is 13.8 Å². The summed E-state index contributed by atoms with van der Waals surface area (Å²) in [5, 5.41) is 6.45. The average molecular weight is 377 g/mol. The quantitative estimate of drug-likeness (QED) is 0.518. The van der Waals surface area contributed by atoms with Crippen LogP contribution in [0.2, 0.25) is 0 Å². The summed E-state index contributed by atoms with van der Waals surface area (Å²) < 4.78 is 34.8. The maximum Gasteiger partial charge on any atom is 0.272 e. The molecule has 2 N–H and O–H groups in total. The SMILES string of the molecule is CCNC(=NCc1cccc(OCC(F)F)c1)NCc1cccc(OC)c1. The minimum absolute atomic E-state index is 0.402. The van der Waals surface area contributed by atoms with E-state index in [2.05, 4.69) is 15.6 Å². The molecule has 0 saturated carbocycles. The molecule has 0 fully saturated rings. The molecule has 7 heteroatoms. The van der Waals surface area contributed by atoms with Crippen molar-refractivity contribution in [2.24, 2.45) is 4.99 Å². The Hall–Kier alpha value is -2.83. The van der Waals surface area contributed by atoms with Gasteiger partial charge in [0.2, 0.25) is 0 Å². The summed E-state index contributed by atoms with van der Waals surface area (Å²) in [7, 11) is 1.64. The monoisotopic (exact) mass is 377 g/mol. The molecule has 2 rings (SSSR count). The molecule has 0 aromatic heterocycles. The molecule has 0 unspecified atom stereocenters. The molecule has 0 aliphatic heterocycles. The van der Waals surface area contributed by atoms with E-state index < -0.39 is 13.0 Å². The van der Waals surface area contributed by atoms with Crippen molar-refractivity contribution in [2.45, 2.75) is 26.4 Å². The highest BCUT2D eigenvalue weighted by Crippen LogP contribution is 2.15. The van der Waals surface area contributed by atoms with Gasteiger partial charge in [-0.05, 0) is 42.3 Å². The van der Waals surface area contributed by atoms with Crippen LogP contribution in [0, 0.1) is 0 Å². The number of nitrogens with one attached hydrogen (secondary N) is 2. The van der Waals surface area contributed by atoms with Crippen LogP contribution in [-0.4, -0.2) is 32.6 Å². The van der Waals surface area contributed by atoms with Crippen molar-refractivity contribution in [2.75, 3.05) is 20.3 Å². The second-order valence-corrected chi connectivity index (χ2v) is 5.75. The number of alkyl halides is 2. The Morgan fingerprint density at radius 3 is 2.44 bits per heavy atom. The third-order valence-corrected chi connectivity index (χ3v) is 3.63. The van der Waals surface area contributed by atoms with E-state index in [0.717, 1.165) is 23.4 Å². The minimum atomic E-state index is -2.49. The van der Waals surface area contributed by atoms with Crippen LogP contribution < -0.4 is 20.1 Å². The molecule has 0 radical (unpaired) electrons. The first-order valence-corrected chi connectivity index (χ1v) is 8.75. The molecule has 146 valence electrons. The molecule has 0 aliphatic rings. The number of benzene rings is 2. The van der Waals surface area contributed by atoms with E-state index in [9.17, 15) is 8.78 Å². The smallest absolute Gasteiger partial charge is 0.272 e. The first-order valence-electron chi connectivity index (χ1n) is 8.75. The molecule has 5 nitrogen and oxygen atoms in total. The van der Waals surface area contributed by atoms with Gasteiger partial charge in [0, 0.05) is 13.1 Å². The topological polar surface area (TPSA) is 54.9 Å². The third kappa shape index (κ3) is 7.52. The summed E-state index contributed by atoms with van der Waals surface area (Å²) >= 11 is 0. The second kappa shape index (κ2) is 11.0. The van der Waals surface area contributed by atoms with Crippen LogP contribution in [0.4, 0.5) is 8.78 Å². The van der Waals surface area contributed by atoms with E-state index in [1.807, 2.05) is 37.3 Å². The predicted molar refractivity (Wildman–Crippen MR) is 103 cm³/mol. The van der Waals surface area contributed by atoms with Gasteiger partial charge in [-0.3, -0.25) is 0 Å². The summed E-state index contributed by atoms with van der Waals surface area (Å²) in [6.07, 6.45) is -2.49. The molecule has 0 aliphatic carbocycles. The van der Waals surface area contributed by atoms with Crippen molar-refractivity contribution < 1.29 is 18.3 Å². The number of hydrogen-bond acceptors (Lipinski definition) is 3. The van der Waals surface area contributed by atoms with E-state index >= 15 is 0 Å². The standard InChI is InChI=1S/C20H25F2N3O2/c1-3-23-20(24-12-15-6-4-8-17(10-15)26-2)25-13-16-7-5-9-18(11-16)27-14-19(21)22/h4-11,19H,3,12-14H2,1-2H3,(H2,23,24,25). The lowest BCUT2D eigenvalue weighted by atomic mass is 10.2. The van der Waals surface area contributed by atoms with Crippen LogP contribution in [0.25, 0.3) is 0 Å². The molecular formula is C20H25F2N3O2. The fraction of sp³-hybridized carbons (Fsp3) is 0.350. The van der Waals surface area contributed by atoms with Gasteiger partial charge in [-0.2, -0.15) is 0 Å². The molecule has 0 saturated heterocycles. The Morgan fingerprint density at radius 1 is 1.04 bits per heavy atom. The Labute approximate surface area is 158 Å². The number of halogens is 2. The van der Waals surface area contributed by atoms with E-state index in [4.69, 9.17) is 9.47 Å². The predicted octanol–water partition coefficient (Wildman–Crippen LogP) is 3.59. The Kier molecular flexibility index (Phi) is 8.35. The van der Waals surface area contributed by atoms with Crippen molar-refractivity contribution in [3.8, 4) is 11.5 Å². The van der Waals surface area contributed by atoms with Gasteiger partial charge in [0.25, 0.3) is 6.43 Å². The fourth-order valence-corrected chi connectivity index (χ4v) is 2.37. The summed E-state index contributed by atoms with van der Waals surface area (Å²) in [6.45, 7) is 3.10. The van der Waals surface area contributed by atoms with Crippen molar-refractivity contribution in [1.82, 2.24) is 10.6 Å². The van der Waals surface area contributed by atoms with Crippen LogP contribution >= 0.6 is 0 Å². The van der Waals surface area contributed by atoms with Crippen LogP contribution in [-0.2, 0) is 13.1 Å². The number of nitrogens with zero attached hydrogens (tertiary/aromatic N) is 1. The zero-order valence-electron chi connectivity index (χ0n) is 15.5. The number of ether oxygens (including phenoxy) is 2. The summed E-state index contributed by atoms with van der Waals surface area (Å²) in [5.41, 5.74) is 1.95. The maximum absolute atomic E-state index is 12.3. The zero-order valence-corrected chi connectivity index (χ0v) is 15.5. The van der Waals surface area contributed by atoms with Gasteiger partial charge in [0.05, 0.1) is 13.7 Å². The first kappa shape index (κ1) is 20.5. The van der Waals surface area contributed by atoms with Crippen molar-refractivity contribution in [3.05, 3.63) is 59.7 Å². The zero-order chi connectivity index (χ0) is 19.5. The summed E-state index contributed by atoms with van der Waals surface area (Å²) in [5.74, 6) is 1.88. The molecule has 2 aromatic rings. The van der Waals surface area contributed by atoms with Gasteiger partial charge in [-0.15, -0.1) is 0 Å². The number of guanidine groups is 1. The number of aliphatic imine (C=N–C) groups is 1. The van der Waals surface area contributed by atoms with Crippen LogP contribution in [0.3, 0.4) is 0 Å². The fourth-order valence-electron chi connectivity index (χ4n) is 2.37. The molecular weight excluding hydrogens is 352 g/mol. The third-order valence-electron chi connectivity index (χ3n) is 3.63. The van der Waals surface area contributed by atoms with E-state index in [1.165, 1.54) is 0 Å². The van der Waals surface area contributed by atoms with Crippen LogP contribution in [0.1, 0.15) is 18.1 Å². The normalized spacial score (nSPS) is 11.4. The molecule has 0 bridgehead atoms. The van der Waals surface area contributed by atoms with Crippen molar-refractivity contribution in [1.29, 1.82) is 0 Å². The average Bonchev–Trinajstić information content (AvgIpc) is 2.69. The van der Waals surface area contributed by atoms with Gasteiger partial charge in [0.15, 0.2) is 5.96 Å². The molecule has 0 amide bonds. The van der Waals surface area contributed by atoms with Crippen LogP contribution in [0.15, 0.2) is 53.5 Å². The van der Waals surface area contributed by atoms with Gasteiger partial charge in [0.1, 0.15) is 18.1 Å². The largest absolute Gasteiger partial charge is 0.497 e. The molecule has 2 aromatic carbocycles. The summed E-state index contributed by atoms with van der Waals surface area (Å²) in [6, 6.07) is 14.8. The highest BCUT2D eigenvalue weighted by atomic mass is 19.3. The molecule has 0 spiro atoms. The van der Waals surface area contributed by atoms with Gasteiger partial charge in [-0.1, -0.05) is 24.3 Å². The van der Waals surface area contributed by atoms with Crippen LogP contribution in [0.5, 0.6) is 11.5 Å². The Balaban J connectivity index is 1.97. The molecule has 0 heterocycles. The van der Waals surface area contributed by atoms with Crippen molar-refractivity contribution >= 4 is 5.96 Å². The first-order chi connectivity index (χ1) is 13.1. The lowest BCUT2D eigenvalue weighted by Crippen LogP contribution is -2.36. The number of methoxy groups -OCH3 is 1. The Bertz CT molecular complexity index is 739.